The van der Waals surface area contributed by atoms with E-state index >= 15 is 0 Å². The molecular weight excluding hydrogens is 316 g/mol. The summed E-state index contributed by atoms with van der Waals surface area (Å²) in [7, 11) is 0. The number of hydrogen-bond acceptors (Lipinski definition) is 6. The van der Waals surface area contributed by atoms with E-state index in [0.29, 0.717) is 0 Å². The first-order valence-corrected chi connectivity index (χ1v) is 2.72. The van der Waals surface area contributed by atoms with E-state index in [1.54, 1.807) is 0 Å². The van der Waals surface area contributed by atoms with Gasteiger partial charge in [0, 0.05) is 17.9 Å². The van der Waals surface area contributed by atoms with Gasteiger partial charge >= 0.3 is 17.4 Å². The molecule has 0 amide bonds. The predicted octanol–water partition coefficient (Wildman–Crippen LogP) is -8.68. The SMILES string of the molecule is CC(=O)[O-].CC(=O)[O-].CC(=O)[O-].O.O.O.O.O.O.[Cr+3]. The van der Waals surface area contributed by atoms with Gasteiger partial charge in [-0.25, -0.2) is 0 Å². The Morgan fingerprint density at radius 3 is 0.526 bits per heavy atom. The zero-order valence-corrected chi connectivity index (χ0v) is 11.6. The molecule has 0 fully saturated rings. The van der Waals surface area contributed by atoms with Crippen LogP contribution in [0.1, 0.15) is 20.8 Å². The summed E-state index contributed by atoms with van der Waals surface area (Å²) in [4.78, 5) is 26.7. The van der Waals surface area contributed by atoms with Gasteiger partial charge in [-0.3, -0.25) is 0 Å². The smallest absolute Gasteiger partial charge is 0.550 e. The summed E-state index contributed by atoms with van der Waals surface area (Å²) >= 11 is 0. The molecule has 12 N–H and O–H groups in total. The maximum Gasteiger partial charge on any atom is 3.00 e. The van der Waals surface area contributed by atoms with Gasteiger partial charge in [0.2, 0.25) is 0 Å². The van der Waals surface area contributed by atoms with Crippen LogP contribution in [0.5, 0.6) is 0 Å². The Bertz CT molecular complexity index is 120. The standard InChI is InChI=1S/3C2H4O2.Cr.6H2O/c3*1-2(3)4;;;;;;;/h3*1H3,(H,3,4);;6*1H2/q;;;+3;;;;;;/p-3. The molecule has 0 aromatic rings. The van der Waals surface area contributed by atoms with Crippen molar-refractivity contribution in [3.8, 4) is 0 Å². The fourth-order valence-corrected chi connectivity index (χ4v) is 0. The molecule has 0 aliphatic rings. The maximum absolute atomic E-state index is 8.89. The van der Waals surface area contributed by atoms with E-state index < -0.39 is 17.9 Å². The van der Waals surface area contributed by atoms with Crippen molar-refractivity contribution < 1.29 is 79.9 Å². The van der Waals surface area contributed by atoms with Crippen LogP contribution in [0.4, 0.5) is 0 Å². The first-order valence-electron chi connectivity index (χ1n) is 2.72. The van der Waals surface area contributed by atoms with Crippen molar-refractivity contribution >= 4 is 17.9 Å². The third-order valence-electron chi connectivity index (χ3n) is 0. The molecule has 0 saturated heterocycles. The Morgan fingerprint density at radius 1 is 0.526 bits per heavy atom. The van der Waals surface area contributed by atoms with E-state index in [-0.39, 0.29) is 50.2 Å². The Balaban J connectivity index is -0.00000000675. The third-order valence-corrected chi connectivity index (χ3v) is 0. The van der Waals surface area contributed by atoms with Crippen LogP contribution < -0.4 is 15.3 Å². The number of carbonyl (C=O) groups excluding carboxylic acids is 3. The van der Waals surface area contributed by atoms with Crippen LogP contribution >= 0.6 is 0 Å². The van der Waals surface area contributed by atoms with Crippen LogP contribution in [-0.4, -0.2) is 50.8 Å². The van der Waals surface area contributed by atoms with Gasteiger partial charge in [0.25, 0.3) is 0 Å². The van der Waals surface area contributed by atoms with E-state index in [2.05, 4.69) is 0 Å². The summed E-state index contributed by atoms with van der Waals surface area (Å²) in [6, 6.07) is 0. The monoisotopic (exact) mass is 337 g/mol. The van der Waals surface area contributed by atoms with E-state index in [0.717, 1.165) is 20.8 Å². The number of carboxylic acid groups (broad SMARTS) is 3. The van der Waals surface area contributed by atoms with Gasteiger partial charge in [-0.05, 0) is 20.8 Å². The minimum atomic E-state index is -1.08. The molecule has 0 unspecified atom stereocenters. The molecule has 123 valence electrons. The van der Waals surface area contributed by atoms with Crippen molar-refractivity contribution in [1.29, 1.82) is 0 Å². The molecule has 0 aliphatic carbocycles. The fraction of sp³-hybridized carbons (Fsp3) is 0.500. The van der Waals surface area contributed by atoms with Crippen molar-refractivity contribution in [2.24, 2.45) is 0 Å². The molecule has 0 aromatic carbocycles. The van der Waals surface area contributed by atoms with Crippen LogP contribution in [-0.2, 0) is 31.7 Å². The Hall–Kier alpha value is -1.30. The van der Waals surface area contributed by atoms with Gasteiger partial charge in [-0.1, -0.05) is 0 Å². The van der Waals surface area contributed by atoms with Gasteiger partial charge in [0.05, 0.1) is 0 Å². The molecule has 0 aliphatic heterocycles. The fourth-order valence-electron chi connectivity index (χ4n) is 0. The van der Waals surface area contributed by atoms with Crippen molar-refractivity contribution in [3.05, 3.63) is 0 Å². The quantitative estimate of drug-likeness (QED) is 0.412. The van der Waals surface area contributed by atoms with Gasteiger partial charge in [-0.2, -0.15) is 0 Å². The van der Waals surface area contributed by atoms with E-state index in [1.807, 2.05) is 0 Å². The number of aliphatic carboxylic acids is 3. The Morgan fingerprint density at radius 2 is 0.526 bits per heavy atom. The molecule has 0 spiro atoms. The molecule has 0 heterocycles. The van der Waals surface area contributed by atoms with Gasteiger partial charge in [-0.15, -0.1) is 0 Å². The summed E-state index contributed by atoms with van der Waals surface area (Å²) in [5.41, 5.74) is 0. The number of hydrogen-bond donors (Lipinski definition) is 0. The van der Waals surface area contributed by atoms with Gasteiger partial charge in [0.15, 0.2) is 0 Å². The second kappa shape index (κ2) is 69.4. The van der Waals surface area contributed by atoms with Crippen LogP contribution in [0.15, 0.2) is 0 Å². The molecule has 19 heavy (non-hydrogen) atoms. The molecule has 0 aromatic heterocycles. The molecule has 0 bridgehead atoms. The summed E-state index contributed by atoms with van der Waals surface area (Å²) in [5.74, 6) is -3.25. The van der Waals surface area contributed by atoms with Crippen LogP contribution in [0.2, 0.25) is 0 Å². The molecule has 12 nitrogen and oxygen atoms in total. The average molecular weight is 337 g/mol. The van der Waals surface area contributed by atoms with Gasteiger partial charge < -0.3 is 62.6 Å². The molecule has 13 heteroatoms. The minimum Gasteiger partial charge on any atom is -0.550 e. The van der Waals surface area contributed by atoms with Crippen molar-refractivity contribution in [2.75, 3.05) is 0 Å². The second-order valence-electron chi connectivity index (χ2n) is 1.47. The van der Waals surface area contributed by atoms with E-state index in [9.17, 15) is 0 Å². The first kappa shape index (κ1) is 83.2. The van der Waals surface area contributed by atoms with Crippen LogP contribution in [0.25, 0.3) is 0 Å². The first-order chi connectivity index (χ1) is 5.20. The Kier molecular flexibility index (Phi) is 304. The summed E-state index contributed by atoms with van der Waals surface area (Å²) in [5, 5.41) is 26.7. The number of rotatable bonds is 0. The summed E-state index contributed by atoms with van der Waals surface area (Å²) in [6.07, 6.45) is 0. The topological polar surface area (TPSA) is 309 Å². The number of carbonyl (C=O) groups is 3. The molecule has 0 rings (SSSR count). The molecule has 0 atom stereocenters. The van der Waals surface area contributed by atoms with E-state index in [4.69, 9.17) is 29.7 Å². The van der Waals surface area contributed by atoms with Crippen molar-refractivity contribution in [1.82, 2.24) is 0 Å². The zero-order chi connectivity index (χ0) is 10.7. The van der Waals surface area contributed by atoms with Gasteiger partial charge in [0.1, 0.15) is 0 Å². The molecular formula is C6H21CrO12. The zero-order valence-electron chi connectivity index (χ0n) is 10.4. The Labute approximate surface area is 119 Å². The van der Waals surface area contributed by atoms with Crippen molar-refractivity contribution in [3.63, 3.8) is 0 Å². The summed E-state index contributed by atoms with van der Waals surface area (Å²) < 4.78 is 0. The van der Waals surface area contributed by atoms with Crippen LogP contribution in [0.3, 0.4) is 0 Å². The average Bonchev–Trinajstić information content (AvgIpc) is 1.54. The second-order valence-corrected chi connectivity index (χ2v) is 1.47. The predicted molar refractivity (Wildman–Crippen MR) is 53.7 cm³/mol. The van der Waals surface area contributed by atoms with Crippen molar-refractivity contribution in [2.45, 2.75) is 20.8 Å². The summed E-state index contributed by atoms with van der Waals surface area (Å²) in [6.45, 7) is 2.92. The number of carboxylic acids is 3. The maximum atomic E-state index is 8.89. The van der Waals surface area contributed by atoms with E-state index in [1.165, 1.54) is 0 Å². The normalized spacial score (nSPS) is 3.95. The molecule has 1 radical (unpaired) electrons. The largest absolute Gasteiger partial charge is 3.00 e. The minimum absolute atomic E-state index is 0. The molecule has 0 saturated carbocycles. The third kappa shape index (κ3) is 2140. The van der Waals surface area contributed by atoms with Crippen LogP contribution in [0, 0.1) is 0 Å².